The van der Waals surface area contributed by atoms with E-state index in [-0.39, 0.29) is 0 Å². The molecule has 0 unspecified atom stereocenters. The highest BCUT2D eigenvalue weighted by atomic mass is 14.9. The first-order valence-corrected chi connectivity index (χ1v) is 4.76. The highest BCUT2D eigenvalue weighted by molar-refractivity contribution is 5.74. The molecule has 2 heterocycles. The van der Waals surface area contributed by atoms with Gasteiger partial charge in [-0.15, -0.1) is 0 Å². The maximum absolute atomic E-state index is 4.38. The maximum atomic E-state index is 4.38. The lowest BCUT2D eigenvalue weighted by Crippen LogP contribution is -1.96. The van der Waals surface area contributed by atoms with Crippen molar-refractivity contribution in [1.82, 2.24) is 15.0 Å². The van der Waals surface area contributed by atoms with Crippen LogP contribution in [0.2, 0.25) is 0 Å². The summed E-state index contributed by atoms with van der Waals surface area (Å²) in [4.78, 5) is 12.9. The minimum absolute atomic E-state index is 0.456. The lowest BCUT2D eigenvalue weighted by Gasteiger charge is -2.07. The lowest BCUT2D eigenvalue weighted by molar-refractivity contribution is 0.868. The second-order valence-corrected chi connectivity index (χ2v) is 3.74. The van der Waals surface area contributed by atoms with Crippen molar-refractivity contribution in [3.63, 3.8) is 0 Å². The van der Waals surface area contributed by atoms with Gasteiger partial charge in [-0.05, 0) is 24.5 Å². The summed E-state index contributed by atoms with van der Waals surface area (Å²) in [5.41, 5.74) is 3.79. The van der Waals surface area contributed by atoms with E-state index >= 15 is 0 Å². The third-order valence-electron chi connectivity index (χ3n) is 2.22. The van der Waals surface area contributed by atoms with Gasteiger partial charge in [-0.2, -0.15) is 0 Å². The Hall–Kier alpha value is -1.51. The summed E-state index contributed by atoms with van der Waals surface area (Å²) in [6, 6.07) is 2.01. The second-order valence-electron chi connectivity index (χ2n) is 3.74. The van der Waals surface area contributed by atoms with Crippen molar-refractivity contribution in [3.05, 3.63) is 29.7 Å². The molecule has 0 spiro atoms. The van der Waals surface area contributed by atoms with Crippen molar-refractivity contribution < 1.29 is 0 Å². The van der Waals surface area contributed by atoms with Gasteiger partial charge in [0.2, 0.25) is 0 Å². The Kier molecular flexibility index (Phi) is 2.15. The van der Waals surface area contributed by atoms with Gasteiger partial charge in [0.1, 0.15) is 5.52 Å². The van der Waals surface area contributed by atoms with Gasteiger partial charge >= 0.3 is 0 Å². The van der Waals surface area contributed by atoms with Crippen LogP contribution in [0.3, 0.4) is 0 Å². The average molecular weight is 187 g/mol. The quantitative estimate of drug-likeness (QED) is 0.688. The molecular weight excluding hydrogens is 174 g/mol. The molecule has 0 amide bonds. The fourth-order valence-corrected chi connectivity index (χ4v) is 1.49. The zero-order chi connectivity index (χ0) is 10.1. The number of rotatable bonds is 1. The van der Waals surface area contributed by atoms with Gasteiger partial charge in [-0.25, -0.2) is 9.97 Å². The number of aryl methyl sites for hydroxylation is 1. The van der Waals surface area contributed by atoms with Crippen LogP contribution in [-0.2, 0) is 0 Å². The van der Waals surface area contributed by atoms with Gasteiger partial charge in [0.15, 0.2) is 5.65 Å². The Morgan fingerprint density at radius 1 is 1.21 bits per heavy atom. The first-order chi connectivity index (χ1) is 6.68. The van der Waals surface area contributed by atoms with Gasteiger partial charge in [0, 0.05) is 12.4 Å². The van der Waals surface area contributed by atoms with E-state index in [2.05, 4.69) is 28.8 Å². The van der Waals surface area contributed by atoms with E-state index in [0.29, 0.717) is 5.92 Å². The summed E-state index contributed by atoms with van der Waals surface area (Å²) in [5.74, 6) is 0.456. The summed E-state index contributed by atoms with van der Waals surface area (Å²) < 4.78 is 0. The summed E-state index contributed by atoms with van der Waals surface area (Å²) in [5, 5.41) is 0. The molecule has 2 rings (SSSR count). The van der Waals surface area contributed by atoms with Crippen LogP contribution in [0, 0.1) is 6.92 Å². The summed E-state index contributed by atoms with van der Waals surface area (Å²) in [7, 11) is 0. The molecule has 0 saturated carbocycles. The topological polar surface area (TPSA) is 38.7 Å². The Labute approximate surface area is 83.2 Å². The van der Waals surface area contributed by atoms with Crippen molar-refractivity contribution >= 4 is 11.2 Å². The Morgan fingerprint density at radius 2 is 2.00 bits per heavy atom. The molecule has 72 valence electrons. The molecule has 0 N–H and O–H groups in total. The monoisotopic (exact) mass is 187 g/mol. The van der Waals surface area contributed by atoms with Gasteiger partial charge in [-0.1, -0.05) is 13.8 Å². The zero-order valence-electron chi connectivity index (χ0n) is 8.65. The third kappa shape index (κ3) is 1.45. The second kappa shape index (κ2) is 3.33. The summed E-state index contributed by atoms with van der Waals surface area (Å²) >= 11 is 0. The first-order valence-electron chi connectivity index (χ1n) is 4.76. The minimum Gasteiger partial charge on any atom is -0.251 e. The molecule has 0 radical (unpaired) electrons. The number of aromatic nitrogens is 3. The van der Waals surface area contributed by atoms with Crippen molar-refractivity contribution in [2.45, 2.75) is 26.7 Å². The largest absolute Gasteiger partial charge is 0.251 e. The summed E-state index contributed by atoms with van der Waals surface area (Å²) in [6.45, 7) is 6.22. The molecule has 2 aromatic heterocycles. The molecule has 0 aliphatic heterocycles. The molecule has 0 aromatic carbocycles. The Morgan fingerprint density at radius 3 is 2.71 bits per heavy atom. The van der Waals surface area contributed by atoms with E-state index in [9.17, 15) is 0 Å². The highest BCUT2D eigenvalue weighted by Crippen LogP contribution is 2.20. The van der Waals surface area contributed by atoms with Crippen LogP contribution in [0.1, 0.15) is 31.0 Å². The van der Waals surface area contributed by atoms with Crippen molar-refractivity contribution in [2.24, 2.45) is 0 Å². The van der Waals surface area contributed by atoms with Crippen LogP contribution in [-0.4, -0.2) is 15.0 Å². The smallest absolute Gasteiger partial charge is 0.178 e. The van der Waals surface area contributed by atoms with Crippen molar-refractivity contribution in [2.75, 3.05) is 0 Å². The maximum Gasteiger partial charge on any atom is 0.178 e. The number of pyridine rings is 1. The normalized spacial score (nSPS) is 11.1. The SMILES string of the molecule is Cc1cnc2c(C(C)C)ccnc2n1. The van der Waals surface area contributed by atoms with Crippen molar-refractivity contribution in [3.8, 4) is 0 Å². The molecule has 3 nitrogen and oxygen atoms in total. The Bertz CT molecular complexity index is 463. The van der Waals surface area contributed by atoms with Crippen LogP contribution in [0.15, 0.2) is 18.5 Å². The third-order valence-corrected chi connectivity index (χ3v) is 2.22. The average Bonchev–Trinajstić information content (AvgIpc) is 2.16. The van der Waals surface area contributed by atoms with E-state index < -0.39 is 0 Å². The predicted octanol–water partition coefficient (Wildman–Crippen LogP) is 2.46. The van der Waals surface area contributed by atoms with Crippen LogP contribution >= 0.6 is 0 Å². The van der Waals surface area contributed by atoms with Crippen LogP contribution in [0.5, 0.6) is 0 Å². The number of hydrogen-bond donors (Lipinski definition) is 0. The van der Waals surface area contributed by atoms with E-state index in [1.807, 2.05) is 13.0 Å². The number of nitrogens with zero attached hydrogens (tertiary/aromatic N) is 3. The lowest BCUT2D eigenvalue weighted by atomic mass is 10.0. The van der Waals surface area contributed by atoms with Gasteiger partial charge in [0.05, 0.1) is 5.69 Å². The predicted molar refractivity (Wildman–Crippen MR) is 56.2 cm³/mol. The molecule has 0 saturated heterocycles. The highest BCUT2D eigenvalue weighted by Gasteiger charge is 2.07. The van der Waals surface area contributed by atoms with E-state index in [0.717, 1.165) is 16.9 Å². The van der Waals surface area contributed by atoms with Gasteiger partial charge in [0.25, 0.3) is 0 Å². The molecule has 14 heavy (non-hydrogen) atoms. The molecule has 0 bridgehead atoms. The number of fused-ring (bicyclic) bond motifs is 1. The fraction of sp³-hybridized carbons (Fsp3) is 0.364. The molecule has 0 aliphatic rings. The molecule has 0 fully saturated rings. The van der Waals surface area contributed by atoms with Crippen LogP contribution in [0.25, 0.3) is 11.2 Å². The van der Waals surface area contributed by atoms with Gasteiger partial charge < -0.3 is 0 Å². The van der Waals surface area contributed by atoms with E-state index in [1.165, 1.54) is 5.56 Å². The van der Waals surface area contributed by atoms with Gasteiger partial charge in [-0.3, -0.25) is 4.98 Å². The van der Waals surface area contributed by atoms with Crippen molar-refractivity contribution in [1.29, 1.82) is 0 Å². The zero-order valence-corrected chi connectivity index (χ0v) is 8.65. The van der Waals surface area contributed by atoms with Crippen LogP contribution < -0.4 is 0 Å². The Balaban J connectivity index is 2.75. The molecule has 2 aromatic rings. The molecule has 0 aliphatic carbocycles. The molecule has 0 atom stereocenters. The molecule has 3 heteroatoms. The summed E-state index contributed by atoms with van der Waals surface area (Å²) in [6.07, 6.45) is 3.58. The minimum atomic E-state index is 0.456. The first kappa shape index (κ1) is 9.06. The van der Waals surface area contributed by atoms with Crippen LogP contribution in [0.4, 0.5) is 0 Å². The standard InChI is InChI=1S/C11H13N3/c1-7(2)9-4-5-12-11-10(9)13-6-8(3)14-11/h4-7H,1-3H3. The molecular formula is C11H13N3. The number of hydrogen-bond acceptors (Lipinski definition) is 3. The fourth-order valence-electron chi connectivity index (χ4n) is 1.49. The van der Waals surface area contributed by atoms with E-state index in [4.69, 9.17) is 0 Å². The van der Waals surface area contributed by atoms with E-state index in [1.54, 1.807) is 12.4 Å².